The van der Waals surface area contributed by atoms with E-state index in [4.69, 9.17) is 0 Å². The normalized spacial score (nSPS) is 22.9. The van der Waals surface area contributed by atoms with Gasteiger partial charge in [-0.3, -0.25) is 19.3 Å². The second-order valence-electron chi connectivity index (χ2n) is 7.69. The van der Waals surface area contributed by atoms with Gasteiger partial charge >= 0.3 is 0 Å². The summed E-state index contributed by atoms with van der Waals surface area (Å²) in [6, 6.07) is 5.05. The molecule has 2 aliphatic rings. The molecule has 1 saturated heterocycles. The van der Waals surface area contributed by atoms with Gasteiger partial charge < -0.3 is 5.32 Å². The van der Waals surface area contributed by atoms with Crippen molar-refractivity contribution in [2.24, 2.45) is 17.8 Å². The Morgan fingerprint density at radius 2 is 1.67 bits per heavy atom. The van der Waals surface area contributed by atoms with Crippen LogP contribution in [-0.4, -0.2) is 28.7 Å². The van der Waals surface area contributed by atoms with Crippen LogP contribution in [0, 0.1) is 23.6 Å². The minimum Gasteiger partial charge on any atom is -0.350 e. The highest BCUT2D eigenvalue weighted by Gasteiger charge is 2.51. The van der Waals surface area contributed by atoms with Gasteiger partial charge in [0.05, 0.1) is 11.8 Å². The van der Waals surface area contributed by atoms with Crippen molar-refractivity contribution >= 4 is 17.7 Å². The van der Waals surface area contributed by atoms with Crippen molar-refractivity contribution in [1.29, 1.82) is 0 Å². The number of hydrogen-bond donors (Lipinski definition) is 1. The van der Waals surface area contributed by atoms with Crippen molar-refractivity contribution < 1.29 is 18.8 Å². The van der Waals surface area contributed by atoms with Crippen LogP contribution in [0.3, 0.4) is 0 Å². The summed E-state index contributed by atoms with van der Waals surface area (Å²) >= 11 is 0. The van der Waals surface area contributed by atoms with Crippen LogP contribution in [0.4, 0.5) is 4.39 Å². The molecule has 3 rings (SSSR count). The predicted molar refractivity (Wildman–Crippen MR) is 98.7 cm³/mol. The Bertz CT molecular complexity index is 731. The molecule has 1 aromatic rings. The fraction of sp³-hybridized carbons (Fsp3) is 0.476. The van der Waals surface area contributed by atoms with E-state index in [0.29, 0.717) is 19.3 Å². The van der Waals surface area contributed by atoms with E-state index >= 15 is 0 Å². The van der Waals surface area contributed by atoms with Gasteiger partial charge in [-0.25, -0.2) is 4.39 Å². The van der Waals surface area contributed by atoms with Gasteiger partial charge in [-0.15, -0.1) is 0 Å². The highest BCUT2D eigenvalue weighted by molar-refractivity contribution is 6.08. The van der Waals surface area contributed by atoms with Crippen LogP contribution in [0.25, 0.3) is 0 Å². The van der Waals surface area contributed by atoms with Gasteiger partial charge in [0.1, 0.15) is 11.9 Å². The summed E-state index contributed by atoms with van der Waals surface area (Å²) < 4.78 is 13.0. The van der Waals surface area contributed by atoms with Crippen LogP contribution >= 0.6 is 0 Å². The smallest absolute Gasteiger partial charge is 0.243 e. The number of halogens is 1. The number of benzene rings is 1. The molecule has 0 radical (unpaired) electrons. The molecule has 0 saturated carbocycles. The topological polar surface area (TPSA) is 66.5 Å². The lowest BCUT2D eigenvalue weighted by atomic mass is 9.85. The number of allylic oxidation sites excluding steroid dienone is 2. The van der Waals surface area contributed by atoms with E-state index in [1.54, 1.807) is 12.1 Å². The largest absolute Gasteiger partial charge is 0.350 e. The molecule has 1 aromatic carbocycles. The number of imide groups is 1. The van der Waals surface area contributed by atoms with Crippen molar-refractivity contribution in [3.05, 3.63) is 47.8 Å². The Balaban J connectivity index is 1.75. The molecule has 3 unspecified atom stereocenters. The van der Waals surface area contributed by atoms with Crippen LogP contribution in [0.15, 0.2) is 36.4 Å². The summed E-state index contributed by atoms with van der Waals surface area (Å²) in [6.07, 6.45) is 5.39. The van der Waals surface area contributed by atoms with E-state index in [0.717, 1.165) is 5.56 Å². The summed E-state index contributed by atoms with van der Waals surface area (Å²) in [6.45, 7) is 4.14. The molecular formula is C21H25FN2O3. The number of nitrogens with one attached hydrogen (secondary N) is 1. The van der Waals surface area contributed by atoms with Gasteiger partial charge in [-0.05, 0) is 42.9 Å². The van der Waals surface area contributed by atoms with Gasteiger partial charge in [0.15, 0.2) is 0 Å². The molecule has 1 aliphatic heterocycles. The fourth-order valence-electron chi connectivity index (χ4n) is 3.82. The zero-order valence-electron chi connectivity index (χ0n) is 15.7. The Hall–Kier alpha value is -2.50. The first-order valence-electron chi connectivity index (χ1n) is 9.42. The minimum absolute atomic E-state index is 0.146. The maximum Gasteiger partial charge on any atom is 0.243 e. The second kappa shape index (κ2) is 8.03. The van der Waals surface area contributed by atoms with Crippen LogP contribution in [0.5, 0.6) is 0 Å². The summed E-state index contributed by atoms with van der Waals surface area (Å²) in [4.78, 5) is 39.7. The first kappa shape index (κ1) is 19.3. The van der Waals surface area contributed by atoms with Crippen molar-refractivity contribution in [2.45, 2.75) is 45.7 Å². The molecule has 3 amide bonds. The molecule has 144 valence electrons. The summed E-state index contributed by atoms with van der Waals surface area (Å²) in [7, 11) is 0. The zero-order valence-corrected chi connectivity index (χ0v) is 15.7. The van der Waals surface area contributed by atoms with E-state index in [-0.39, 0.29) is 47.8 Å². The standard InChI is InChI=1S/C21H25FN2O3/c1-13(2)11-18(19(25)23-12-14-7-9-15(22)10-8-14)24-20(26)16-5-3-4-6-17(16)21(24)27/h3-4,7-10,13,16-18H,5-6,11-12H2,1-2H3,(H,23,25). The number of carbonyl (C=O) groups is 3. The quantitative estimate of drug-likeness (QED) is 0.617. The van der Waals surface area contributed by atoms with E-state index in [1.807, 2.05) is 26.0 Å². The number of rotatable bonds is 6. The van der Waals surface area contributed by atoms with Gasteiger partial charge in [-0.2, -0.15) is 0 Å². The average molecular weight is 372 g/mol. The minimum atomic E-state index is -0.809. The number of fused-ring (bicyclic) bond motifs is 1. The molecule has 1 aliphatic carbocycles. The van der Waals surface area contributed by atoms with Crippen molar-refractivity contribution in [3.8, 4) is 0 Å². The van der Waals surface area contributed by atoms with Gasteiger partial charge in [-0.1, -0.05) is 38.1 Å². The van der Waals surface area contributed by atoms with Crippen LogP contribution in [0.1, 0.15) is 38.7 Å². The maximum absolute atomic E-state index is 13.0. The van der Waals surface area contributed by atoms with Gasteiger partial charge in [0.2, 0.25) is 17.7 Å². The van der Waals surface area contributed by atoms with E-state index in [1.165, 1.54) is 17.0 Å². The highest BCUT2D eigenvalue weighted by Crippen LogP contribution is 2.37. The summed E-state index contributed by atoms with van der Waals surface area (Å²) in [5, 5.41) is 2.80. The number of amides is 3. The van der Waals surface area contributed by atoms with Crippen molar-refractivity contribution in [3.63, 3.8) is 0 Å². The maximum atomic E-state index is 13.0. The summed E-state index contributed by atoms with van der Waals surface area (Å²) in [5.74, 6) is -1.71. The van der Waals surface area contributed by atoms with Crippen LogP contribution in [-0.2, 0) is 20.9 Å². The number of carbonyl (C=O) groups excluding carboxylic acids is 3. The Labute approximate surface area is 158 Å². The molecule has 1 fully saturated rings. The number of likely N-dealkylation sites (tertiary alicyclic amines) is 1. The lowest BCUT2D eigenvalue weighted by Gasteiger charge is -2.27. The van der Waals surface area contributed by atoms with Crippen molar-refractivity contribution in [2.75, 3.05) is 0 Å². The van der Waals surface area contributed by atoms with E-state index in [9.17, 15) is 18.8 Å². The molecular weight excluding hydrogens is 347 g/mol. The molecule has 0 aromatic heterocycles. The second-order valence-corrected chi connectivity index (χ2v) is 7.69. The van der Waals surface area contributed by atoms with Crippen LogP contribution < -0.4 is 5.32 Å². The number of nitrogens with zero attached hydrogens (tertiary/aromatic N) is 1. The lowest BCUT2D eigenvalue weighted by Crippen LogP contribution is -2.50. The molecule has 1 heterocycles. The SMILES string of the molecule is CC(C)CC(C(=O)NCc1ccc(F)cc1)N1C(=O)C2CC=CCC2C1=O. The lowest BCUT2D eigenvalue weighted by molar-refractivity contribution is -0.148. The third-order valence-corrected chi connectivity index (χ3v) is 5.23. The van der Waals surface area contributed by atoms with Crippen molar-refractivity contribution in [1.82, 2.24) is 10.2 Å². The van der Waals surface area contributed by atoms with Gasteiger partial charge in [0, 0.05) is 6.54 Å². The first-order valence-corrected chi connectivity index (χ1v) is 9.42. The Morgan fingerprint density at radius 3 is 2.19 bits per heavy atom. The third kappa shape index (κ3) is 4.10. The average Bonchev–Trinajstić information content (AvgIpc) is 2.90. The summed E-state index contributed by atoms with van der Waals surface area (Å²) in [5.41, 5.74) is 0.755. The molecule has 6 heteroatoms. The van der Waals surface area contributed by atoms with Gasteiger partial charge in [0.25, 0.3) is 0 Å². The van der Waals surface area contributed by atoms with E-state index in [2.05, 4.69) is 5.32 Å². The fourth-order valence-corrected chi connectivity index (χ4v) is 3.82. The molecule has 0 bridgehead atoms. The number of hydrogen-bond acceptors (Lipinski definition) is 3. The molecule has 5 nitrogen and oxygen atoms in total. The molecule has 3 atom stereocenters. The zero-order chi connectivity index (χ0) is 19.6. The first-order chi connectivity index (χ1) is 12.9. The third-order valence-electron chi connectivity index (χ3n) is 5.23. The predicted octanol–water partition coefficient (Wildman–Crippen LogP) is 2.81. The van der Waals surface area contributed by atoms with E-state index < -0.39 is 6.04 Å². The Kier molecular flexibility index (Phi) is 5.73. The molecule has 1 N–H and O–H groups in total. The molecule has 0 spiro atoms. The monoisotopic (exact) mass is 372 g/mol. The highest BCUT2D eigenvalue weighted by atomic mass is 19.1. The Morgan fingerprint density at radius 1 is 1.11 bits per heavy atom. The molecule has 27 heavy (non-hydrogen) atoms. The van der Waals surface area contributed by atoms with Crippen LogP contribution in [0.2, 0.25) is 0 Å².